The van der Waals surface area contributed by atoms with Crippen LogP contribution in [0.5, 0.6) is 0 Å². The van der Waals surface area contributed by atoms with E-state index in [2.05, 4.69) is 16.9 Å². The van der Waals surface area contributed by atoms with Crippen molar-refractivity contribution in [1.82, 2.24) is 14.5 Å². The minimum Gasteiger partial charge on any atom is -0.376 e. The number of fused-ring (bicyclic) bond motifs is 1. The van der Waals surface area contributed by atoms with Crippen molar-refractivity contribution in [3.8, 4) is 0 Å². The number of hydrogen-bond acceptors (Lipinski definition) is 4. The van der Waals surface area contributed by atoms with Gasteiger partial charge in [0.2, 0.25) is 5.95 Å². The Morgan fingerprint density at radius 2 is 2.35 bits per heavy atom. The molecule has 0 radical (unpaired) electrons. The van der Waals surface area contributed by atoms with E-state index in [9.17, 15) is 0 Å². The lowest BCUT2D eigenvalue weighted by atomic mass is 10.1. The van der Waals surface area contributed by atoms with E-state index in [4.69, 9.17) is 10.5 Å². The summed E-state index contributed by atoms with van der Waals surface area (Å²) in [6.45, 7) is 4.84. The molecule has 1 aliphatic heterocycles. The van der Waals surface area contributed by atoms with Gasteiger partial charge in [-0.3, -0.25) is 4.57 Å². The molecule has 1 saturated heterocycles. The van der Waals surface area contributed by atoms with E-state index < -0.39 is 0 Å². The molecule has 0 spiro atoms. The Bertz CT molecular complexity index is 563. The molecule has 5 nitrogen and oxygen atoms in total. The predicted octanol–water partition coefficient (Wildman–Crippen LogP) is 1.67. The number of aromatic nitrogens is 3. The fourth-order valence-corrected chi connectivity index (χ4v) is 2.49. The molecule has 0 amide bonds. The van der Waals surface area contributed by atoms with Crippen LogP contribution in [0.4, 0.5) is 5.95 Å². The van der Waals surface area contributed by atoms with Crippen LogP contribution < -0.4 is 5.73 Å². The molecule has 1 fully saturated rings. The van der Waals surface area contributed by atoms with Crippen molar-refractivity contribution in [2.75, 3.05) is 12.3 Å². The molecule has 1 aliphatic rings. The quantitative estimate of drug-likeness (QED) is 0.812. The number of hydrogen-bond donors (Lipinski definition) is 1. The number of nitrogens with zero attached hydrogens (tertiary/aromatic N) is 3. The molecule has 2 aromatic rings. The molecular weight excluding hydrogens is 216 g/mol. The van der Waals surface area contributed by atoms with Crippen LogP contribution in [0.1, 0.15) is 24.9 Å². The summed E-state index contributed by atoms with van der Waals surface area (Å²) in [5, 5.41) is 0. The average molecular weight is 232 g/mol. The second kappa shape index (κ2) is 3.70. The normalized spacial score (nSPS) is 24.6. The summed E-state index contributed by atoms with van der Waals surface area (Å²) in [6, 6.07) is 2.26. The molecule has 0 aromatic carbocycles. The fourth-order valence-electron chi connectivity index (χ4n) is 2.49. The molecule has 17 heavy (non-hydrogen) atoms. The van der Waals surface area contributed by atoms with Crippen molar-refractivity contribution in [2.24, 2.45) is 0 Å². The molecule has 3 heterocycles. The summed E-state index contributed by atoms with van der Waals surface area (Å²) in [5.74, 6) is 0.528. The van der Waals surface area contributed by atoms with Crippen LogP contribution in [-0.4, -0.2) is 27.2 Å². The molecule has 0 bridgehead atoms. The Labute approximate surface area is 99.6 Å². The largest absolute Gasteiger partial charge is 0.376 e. The van der Waals surface area contributed by atoms with Crippen LogP contribution in [-0.2, 0) is 4.74 Å². The topological polar surface area (TPSA) is 66.0 Å². The first-order chi connectivity index (χ1) is 8.16. The highest BCUT2D eigenvalue weighted by Crippen LogP contribution is 2.31. The number of pyridine rings is 1. The number of nitrogen functional groups attached to an aromatic ring is 1. The second-order valence-corrected chi connectivity index (χ2v) is 4.63. The molecule has 3 rings (SSSR count). The minimum atomic E-state index is 0.165. The smallest absolute Gasteiger partial charge is 0.202 e. The SMILES string of the molecule is Cc1cnc2c(c1)nc(N)n2C1CCOC1C. The zero-order chi connectivity index (χ0) is 12.0. The first-order valence-electron chi connectivity index (χ1n) is 5.88. The number of rotatable bonds is 1. The molecule has 2 atom stereocenters. The summed E-state index contributed by atoms with van der Waals surface area (Å²) in [7, 11) is 0. The molecular formula is C12H16N4O. The van der Waals surface area contributed by atoms with Crippen molar-refractivity contribution >= 4 is 17.1 Å². The Hall–Kier alpha value is -1.62. The highest BCUT2D eigenvalue weighted by molar-refractivity contribution is 5.74. The molecule has 2 unspecified atom stereocenters. The van der Waals surface area contributed by atoms with Gasteiger partial charge in [-0.2, -0.15) is 0 Å². The summed E-state index contributed by atoms with van der Waals surface area (Å²) in [5.41, 5.74) is 8.82. The van der Waals surface area contributed by atoms with Crippen molar-refractivity contribution in [3.05, 3.63) is 17.8 Å². The van der Waals surface area contributed by atoms with Crippen LogP contribution in [0.2, 0.25) is 0 Å². The standard InChI is InChI=1S/C12H16N4O/c1-7-5-9-11(14-6-7)16(12(13)15-9)10-3-4-17-8(10)2/h5-6,8,10H,3-4H2,1-2H3,(H2,13,15). The van der Waals surface area contributed by atoms with Crippen molar-refractivity contribution in [3.63, 3.8) is 0 Å². The van der Waals surface area contributed by atoms with Crippen molar-refractivity contribution in [1.29, 1.82) is 0 Å². The predicted molar refractivity (Wildman–Crippen MR) is 65.7 cm³/mol. The van der Waals surface area contributed by atoms with Gasteiger partial charge in [-0.1, -0.05) is 0 Å². The molecule has 0 saturated carbocycles. The minimum absolute atomic E-state index is 0.165. The lowest BCUT2D eigenvalue weighted by Gasteiger charge is -2.17. The van der Waals surface area contributed by atoms with Crippen molar-refractivity contribution < 1.29 is 4.74 Å². The van der Waals surface area contributed by atoms with Gasteiger partial charge in [0, 0.05) is 12.8 Å². The van der Waals surface area contributed by atoms with E-state index in [1.165, 1.54) is 0 Å². The van der Waals surface area contributed by atoms with Gasteiger partial charge in [0.15, 0.2) is 5.65 Å². The molecule has 2 N–H and O–H groups in total. The number of aryl methyl sites for hydroxylation is 1. The third-order valence-electron chi connectivity index (χ3n) is 3.36. The Kier molecular flexibility index (Phi) is 2.29. The Morgan fingerprint density at radius 1 is 1.53 bits per heavy atom. The third kappa shape index (κ3) is 1.58. The summed E-state index contributed by atoms with van der Waals surface area (Å²) < 4.78 is 7.59. The summed E-state index contributed by atoms with van der Waals surface area (Å²) in [6.07, 6.45) is 2.98. The van der Waals surface area contributed by atoms with Gasteiger partial charge in [0.05, 0.1) is 12.1 Å². The lowest BCUT2D eigenvalue weighted by molar-refractivity contribution is 0.108. The van der Waals surface area contributed by atoms with Crippen molar-refractivity contribution in [2.45, 2.75) is 32.4 Å². The number of imidazole rings is 1. The van der Waals surface area contributed by atoms with E-state index in [1.807, 2.05) is 23.8 Å². The maximum atomic E-state index is 6.00. The van der Waals surface area contributed by atoms with Gasteiger partial charge in [0.1, 0.15) is 5.52 Å². The van der Waals surface area contributed by atoms with Gasteiger partial charge in [0.25, 0.3) is 0 Å². The Morgan fingerprint density at radius 3 is 3.06 bits per heavy atom. The Balaban J connectivity index is 2.18. The van der Waals surface area contributed by atoms with Crippen LogP contribution in [0.15, 0.2) is 12.3 Å². The fraction of sp³-hybridized carbons (Fsp3) is 0.500. The monoisotopic (exact) mass is 232 g/mol. The molecule has 5 heteroatoms. The van der Waals surface area contributed by atoms with Crippen LogP contribution >= 0.6 is 0 Å². The van der Waals surface area contributed by atoms with Gasteiger partial charge in [-0.15, -0.1) is 0 Å². The van der Waals surface area contributed by atoms with E-state index >= 15 is 0 Å². The highest BCUT2D eigenvalue weighted by atomic mass is 16.5. The van der Waals surface area contributed by atoms with Gasteiger partial charge < -0.3 is 10.5 Å². The molecule has 0 aliphatic carbocycles. The average Bonchev–Trinajstić information content (AvgIpc) is 2.80. The zero-order valence-electron chi connectivity index (χ0n) is 10.1. The van der Waals surface area contributed by atoms with Gasteiger partial charge in [-0.05, 0) is 31.9 Å². The summed E-state index contributed by atoms with van der Waals surface area (Å²) >= 11 is 0. The number of anilines is 1. The molecule has 2 aromatic heterocycles. The zero-order valence-corrected chi connectivity index (χ0v) is 10.1. The van der Waals surface area contributed by atoms with E-state index in [1.54, 1.807) is 0 Å². The highest BCUT2D eigenvalue weighted by Gasteiger charge is 2.29. The first kappa shape index (κ1) is 10.5. The lowest BCUT2D eigenvalue weighted by Crippen LogP contribution is -2.18. The van der Waals surface area contributed by atoms with Gasteiger partial charge in [-0.25, -0.2) is 9.97 Å². The maximum Gasteiger partial charge on any atom is 0.202 e. The van der Waals surface area contributed by atoms with Crippen LogP contribution in [0.25, 0.3) is 11.2 Å². The van der Waals surface area contributed by atoms with E-state index in [0.29, 0.717) is 5.95 Å². The summed E-state index contributed by atoms with van der Waals surface area (Å²) in [4.78, 5) is 8.82. The van der Waals surface area contributed by atoms with Crippen LogP contribution in [0, 0.1) is 6.92 Å². The van der Waals surface area contributed by atoms with Gasteiger partial charge >= 0.3 is 0 Å². The van der Waals surface area contributed by atoms with E-state index in [0.717, 1.165) is 29.8 Å². The number of nitrogens with two attached hydrogens (primary N) is 1. The third-order valence-corrected chi connectivity index (χ3v) is 3.36. The molecule has 90 valence electrons. The maximum absolute atomic E-state index is 6.00. The van der Waals surface area contributed by atoms with Crippen LogP contribution in [0.3, 0.4) is 0 Å². The second-order valence-electron chi connectivity index (χ2n) is 4.63. The number of ether oxygens (including phenoxy) is 1. The van der Waals surface area contributed by atoms with E-state index in [-0.39, 0.29) is 12.1 Å². The first-order valence-corrected chi connectivity index (χ1v) is 5.88.